The summed E-state index contributed by atoms with van der Waals surface area (Å²) in [5, 5.41) is 9.78. The Morgan fingerprint density at radius 2 is 1.92 bits per heavy atom. The van der Waals surface area contributed by atoms with Crippen LogP contribution < -0.4 is 11.2 Å². The van der Waals surface area contributed by atoms with Crippen LogP contribution in [0, 0.1) is 0 Å². The lowest BCUT2D eigenvalue weighted by atomic mass is 10.1. The van der Waals surface area contributed by atoms with Crippen molar-refractivity contribution in [3.63, 3.8) is 0 Å². The van der Waals surface area contributed by atoms with E-state index in [0.717, 1.165) is 16.5 Å². The van der Waals surface area contributed by atoms with Gasteiger partial charge in [0.2, 0.25) is 0 Å². The molecule has 39 heavy (non-hydrogen) atoms. The summed E-state index contributed by atoms with van der Waals surface area (Å²) in [6, 6.07) is 17.9. The standard InChI is InChI=1S/C27H24ClN7O4/c1-16(29)27(37)38-11-12-39-33-26(36)20-6-5-19(14-21(20)28)23-8-9-24-25(31-23)35(34-32-24)15-17-4-7-22-18(13-17)3-2-10-30-22/h2-10,13-14,16H,11-12,15,29H2,1H3,(H,33,36)/t16-/m0/s1. The maximum Gasteiger partial charge on any atom is 0.322 e. The Morgan fingerprint density at radius 1 is 1.08 bits per heavy atom. The Labute approximate surface area is 227 Å². The molecule has 0 saturated heterocycles. The molecule has 0 bridgehead atoms. The number of pyridine rings is 2. The van der Waals surface area contributed by atoms with E-state index < -0.39 is 17.9 Å². The van der Waals surface area contributed by atoms with Crippen LogP contribution in [0.25, 0.3) is 33.3 Å². The monoisotopic (exact) mass is 545 g/mol. The van der Waals surface area contributed by atoms with Crippen molar-refractivity contribution in [1.82, 2.24) is 30.4 Å². The number of amides is 1. The Bertz CT molecular complexity index is 1670. The van der Waals surface area contributed by atoms with Crippen molar-refractivity contribution >= 4 is 45.5 Å². The summed E-state index contributed by atoms with van der Waals surface area (Å²) in [6.07, 6.45) is 1.77. The van der Waals surface area contributed by atoms with Crippen LogP contribution in [0.15, 0.2) is 66.9 Å². The van der Waals surface area contributed by atoms with Gasteiger partial charge in [-0.1, -0.05) is 35.0 Å². The van der Waals surface area contributed by atoms with Crippen molar-refractivity contribution in [2.24, 2.45) is 5.73 Å². The van der Waals surface area contributed by atoms with Gasteiger partial charge < -0.3 is 10.5 Å². The summed E-state index contributed by atoms with van der Waals surface area (Å²) in [5.41, 5.74) is 12.5. The van der Waals surface area contributed by atoms with Crippen molar-refractivity contribution in [1.29, 1.82) is 0 Å². The number of carbonyl (C=O) groups is 2. The summed E-state index contributed by atoms with van der Waals surface area (Å²) < 4.78 is 6.61. The highest BCUT2D eigenvalue weighted by molar-refractivity contribution is 6.34. The fraction of sp³-hybridized carbons (Fsp3) is 0.185. The lowest BCUT2D eigenvalue weighted by Crippen LogP contribution is -2.31. The molecule has 3 heterocycles. The van der Waals surface area contributed by atoms with Gasteiger partial charge in [0.05, 0.1) is 28.3 Å². The molecular weight excluding hydrogens is 522 g/mol. The number of carbonyl (C=O) groups excluding carboxylic acids is 2. The SMILES string of the molecule is C[C@H](N)C(=O)OCCONC(=O)c1ccc(-c2ccc3nnn(Cc4ccc5ncccc5c4)c3n2)cc1Cl. The van der Waals surface area contributed by atoms with Gasteiger partial charge in [0.25, 0.3) is 5.91 Å². The van der Waals surface area contributed by atoms with E-state index >= 15 is 0 Å². The first kappa shape index (κ1) is 26.2. The van der Waals surface area contributed by atoms with Gasteiger partial charge in [-0.15, -0.1) is 5.10 Å². The van der Waals surface area contributed by atoms with E-state index in [0.29, 0.717) is 29.0 Å². The van der Waals surface area contributed by atoms with Crippen LogP contribution in [0.1, 0.15) is 22.8 Å². The van der Waals surface area contributed by atoms with Crippen LogP contribution in [0.2, 0.25) is 5.02 Å². The Kier molecular flexibility index (Phi) is 7.73. The molecule has 1 amide bonds. The zero-order chi connectivity index (χ0) is 27.4. The third kappa shape index (κ3) is 6.01. The van der Waals surface area contributed by atoms with Crippen LogP contribution in [-0.4, -0.2) is 56.1 Å². The van der Waals surface area contributed by atoms with Crippen molar-refractivity contribution < 1.29 is 19.2 Å². The molecule has 1 atom stereocenters. The fourth-order valence-corrected chi connectivity index (χ4v) is 4.13. The molecule has 0 aliphatic rings. The summed E-state index contributed by atoms with van der Waals surface area (Å²) in [4.78, 5) is 38.0. The number of nitrogens with two attached hydrogens (primary N) is 1. The van der Waals surface area contributed by atoms with Crippen LogP contribution >= 0.6 is 11.6 Å². The number of nitrogens with zero attached hydrogens (tertiary/aromatic N) is 5. The molecular formula is C27H24ClN7O4. The van der Waals surface area contributed by atoms with Crippen LogP contribution in [0.3, 0.4) is 0 Å². The predicted molar refractivity (Wildman–Crippen MR) is 145 cm³/mol. The summed E-state index contributed by atoms with van der Waals surface area (Å²) in [7, 11) is 0. The maximum absolute atomic E-state index is 12.5. The number of rotatable bonds is 9. The number of halogens is 1. The molecule has 0 radical (unpaired) electrons. The highest BCUT2D eigenvalue weighted by Gasteiger charge is 2.15. The van der Waals surface area contributed by atoms with E-state index in [1.54, 1.807) is 29.1 Å². The fourth-order valence-electron chi connectivity index (χ4n) is 3.86. The van der Waals surface area contributed by atoms with E-state index in [-0.39, 0.29) is 23.8 Å². The summed E-state index contributed by atoms with van der Waals surface area (Å²) in [6.45, 7) is 1.91. The normalized spacial score (nSPS) is 12.0. The van der Waals surface area contributed by atoms with E-state index in [9.17, 15) is 9.59 Å². The third-order valence-corrected chi connectivity index (χ3v) is 6.15. The van der Waals surface area contributed by atoms with E-state index in [4.69, 9.17) is 31.9 Å². The average molecular weight is 546 g/mol. The topological polar surface area (TPSA) is 147 Å². The number of hydroxylamine groups is 1. The van der Waals surface area contributed by atoms with Crippen molar-refractivity contribution in [2.75, 3.05) is 13.2 Å². The second kappa shape index (κ2) is 11.5. The van der Waals surface area contributed by atoms with Crippen molar-refractivity contribution in [3.8, 4) is 11.3 Å². The Hall–Kier alpha value is -4.45. The van der Waals surface area contributed by atoms with Gasteiger partial charge in [0.15, 0.2) is 5.65 Å². The smallest absolute Gasteiger partial charge is 0.322 e. The second-order valence-corrected chi connectivity index (χ2v) is 9.15. The molecule has 0 aliphatic heterocycles. The van der Waals surface area contributed by atoms with Crippen LogP contribution in [-0.2, 0) is 20.9 Å². The maximum atomic E-state index is 12.5. The van der Waals surface area contributed by atoms with Gasteiger partial charge in [-0.3, -0.25) is 19.4 Å². The Balaban J connectivity index is 1.28. The molecule has 5 aromatic rings. The number of hydrogen-bond acceptors (Lipinski definition) is 9. The Morgan fingerprint density at radius 3 is 2.74 bits per heavy atom. The van der Waals surface area contributed by atoms with Gasteiger partial charge in [0.1, 0.15) is 24.8 Å². The zero-order valence-electron chi connectivity index (χ0n) is 20.9. The van der Waals surface area contributed by atoms with Gasteiger partial charge in [-0.2, -0.15) is 0 Å². The molecule has 2 aromatic carbocycles. The molecule has 0 fully saturated rings. The van der Waals surface area contributed by atoms with Gasteiger partial charge in [-0.05, 0) is 55.0 Å². The minimum Gasteiger partial charge on any atom is -0.462 e. The van der Waals surface area contributed by atoms with Gasteiger partial charge >= 0.3 is 5.97 Å². The molecule has 5 rings (SSSR count). The number of hydrogen-bond donors (Lipinski definition) is 2. The van der Waals surface area contributed by atoms with Crippen molar-refractivity contribution in [2.45, 2.75) is 19.5 Å². The zero-order valence-corrected chi connectivity index (χ0v) is 21.6. The van der Waals surface area contributed by atoms with Crippen LogP contribution in [0.4, 0.5) is 0 Å². The number of benzene rings is 2. The molecule has 0 aliphatic carbocycles. The minimum absolute atomic E-state index is 0.0400. The predicted octanol–water partition coefficient (Wildman–Crippen LogP) is 3.30. The molecule has 11 nitrogen and oxygen atoms in total. The van der Waals surface area contributed by atoms with Gasteiger partial charge in [0, 0.05) is 17.1 Å². The van der Waals surface area contributed by atoms with Gasteiger partial charge in [-0.25, -0.2) is 15.1 Å². The minimum atomic E-state index is -0.730. The first-order valence-electron chi connectivity index (χ1n) is 12.1. The lowest BCUT2D eigenvalue weighted by Gasteiger charge is -2.10. The second-order valence-electron chi connectivity index (χ2n) is 8.75. The van der Waals surface area contributed by atoms with E-state index in [1.807, 2.05) is 36.4 Å². The molecule has 3 N–H and O–H groups in total. The largest absolute Gasteiger partial charge is 0.462 e. The highest BCUT2D eigenvalue weighted by Crippen LogP contribution is 2.26. The molecule has 198 valence electrons. The van der Waals surface area contributed by atoms with Crippen LogP contribution in [0.5, 0.6) is 0 Å². The lowest BCUT2D eigenvalue weighted by molar-refractivity contribution is -0.146. The summed E-state index contributed by atoms with van der Waals surface area (Å²) in [5.74, 6) is -1.10. The molecule has 0 spiro atoms. The molecule has 0 saturated carbocycles. The first-order chi connectivity index (χ1) is 18.9. The average Bonchev–Trinajstić information content (AvgIpc) is 3.34. The molecule has 0 unspecified atom stereocenters. The number of fused-ring (bicyclic) bond motifs is 2. The number of esters is 1. The van der Waals surface area contributed by atoms with E-state index in [1.165, 1.54) is 6.92 Å². The number of nitrogens with one attached hydrogen (secondary N) is 1. The quantitative estimate of drug-likeness (QED) is 0.162. The summed E-state index contributed by atoms with van der Waals surface area (Å²) >= 11 is 6.41. The van der Waals surface area contributed by atoms with E-state index in [2.05, 4.69) is 26.8 Å². The molecule has 3 aromatic heterocycles. The highest BCUT2D eigenvalue weighted by atomic mass is 35.5. The third-order valence-electron chi connectivity index (χ3n) is 5.84. The molecule has 12 heteroatoms. The number of aromatic nitrogens is 5. The number of ether oxygens (including phenoxy) is 1. The first-order valence-corrected chi connectivity index (χ1v) is 12.4. The van der Waals surface area contributed by atoms with Crippen molar-refractivity contribution in [3.05, 3.63) is 83.0 Å².